The standard InChI is InChI=1S/C7H11F2NO2/c1-12-6(11)4-2-7(8,9)3-5(4)10/h4-5H,2-3,10H2,1H3/t4-,5-/m1/s1. The molecule has 1 aliphatic carbocycles. The lowest BCUT2D eigenvalue weighted by Gasteiger charge is -2.10. The van der Waals surface area contributed by atoms with Crippen LogP contribution in [0.1, 0.15) is 12.8 Å². The third-order valence-electron chi connectivity index (χ3n) is 2.07. The maximum atomic E-state index is 12.7. The summed E-state index contributed by atoms with van der Waals surface area (Å²) < 4.78 is 29.7. The summed E-state index contributed by atoms with van der Waals surface area (Å²) >= 11 is 0. The van der Waals surface area contributed by atoms with E-state index in [4.69, 9.17) is 5.73 Å². The molecule has 0 aromatic heterocycles. The van der Waals surface area contributed by atoms with Crippen LogP contribution in [-0.4, -0.2) is 25.0 Å². The second-order valence-corrected chi connectivity index (χ2v) is 3.06. The number of hydrogen-bond donors (Lipinski definition) is 1. The molecule has 12 heavy (non-hydrogen) atoms. The fourth-order valence-electron chi connectivity index (χ4n) is 1.45. The molecule has 0 amide bonds. The highest BCUT2D eigenvalue weighted by atomic mass is 19.3. The van der Waals surface area contributed by atoms with Crippen molar-refractivity contribution in [1.82, 2.24) is 0 Å². The molecule has 70 valence electrons. The van der Waals surface area contributed by atoms with Crippen LogP contribution in [-0.2, 0) is 9.53 Å². The number of halogens is 2. The largest absolute Gasteiger partial charge is 0.469 e. The molecule has 3 nitrogen and oxygen atoms in total. The summed E-state index contributed by atoms with van der Waals surface area (Å²) in [5.74, 6) is -4.29. The maximum absolute atomic E-state index is 12.7. The van der Waals surface area contributed by atoms with Crippen LogP contribution < -0.4 is 5.73 Å². The van der Waals surface area contributed by atoms with Crippen molar-refractivity contribution in [3.63, 3.8) is 0 Å². The van der Waals surface area contributed by atoms with Crippen molar-refractivity contribution in [3.8, 4) is 0 Å². The number of nitrogens with two attached hydrogens (primary N) is 1. The second kappa shape index (κ2) is 2.97. The highest BCUT2D eigenvalue weighted by molar-refractivity contribution is 5.73. The molecule has 0 heterocycles. The SMILES string of the molecule is COC(=O)[C@@H]1CC(F)(F)C[C@H]1N. The molecule has 2 N–H and O–H groups in total. The van der Waals surface area contributed by atoms with E-state index >= 15 is 0 Å². The van der Waals surface area contributed by atoms with Crippen LogP contribution in [0.4, 0.5) is 8.78 Å². The Morgan fingerprint density at radius 2 is 2.17 bits per heavy atom. The van der Waals surface area contributed by atoms with Gasteiger partial charge in [-0.05, 0) is 0 Å². The highest BCUT2D eigenvalue weighted by Crippen LogP contribution is 2.38. The minimum Gasteiger partial charge on any atom is -0.469 e. The molecule has 0 aromatic carbocycles. The number of esters is 1. The van der Waals surface area contributed by atoms with Crippen molar-refractivity contribution < 1.29 is 18.3 Å². The van der Waals surface area contributed by atoms with E-state index in [9.17, 15) is 13.6 Å². The lowest BCUT2D eigenvalue weighted by molar-refractivity contribution is -0.146. The zero-order chi connectivity index (χ0) is 9.35. The van der Waals surface area contributed by atoms with Gasteiger partial charge in [0.05, 0.1) is 13.0 Å². The van der Waals surface area contributed by atoms with Gasteiger partial charge in [-0.2, -0.15) is 0 Å². The molecule has 0 saturated heterocycles. The van der Waals surface area contributed by atoms with Gasteiger partial charge >= 0.3 is 5.97 Å². The highest BCUT2D eigenvalue weighted by Gasteiger charge is 2.48. The second-order valence-electron chi connectivity index (χ2n) is 3.06. The van der Waals surface area contributed by atoms with Crippen molar-refractivity contribution in [3.05, 3.63) is 0 Å². The van der Waals surface area contributed by atoms with E-state index in [1.165, 1.54) is 7.11 Å². The molecule has 1 aliphatic rings. The van der Waals surface area contributed by atoms with E-state index in [2.05, 4.69) is 4.74 Å². The topological polar surface area (TPSA) is 52.3 Å². The molecule has 1 rings (SSSR count). The van der Waals surface area contributed by atoms with Crippen LogP contribution in [0.2, 0.25) is 0 Å². The molecule has 2 atom stereocenters. The molecule has 1 saturated carbocycles. The first kappa shape index (κ1) is 9.38. The molecule has 0 bridgehead atoms. The Kier molecular flexibility index (Phi) is 2.32. The normalized spacial score (nSPS) is 33.3. The summed E-state index contributed by atoms with van der Waals surface area (Å²) in [5.41, 5.74) is 5.35. The number of carbonyl (C=O) groups is 1. The Hall–Kier alpha value is -0.710. The van der Waals surface area contributed by atoms with Gasteiger partial charge in [0.25, 0.3) is 5.92 Å². The third kappa shape index (κ3) is 1.72. The predicted molar refractivity (Wildman–Crippen MR) is 37.7 cm³/mol. The summed E-state index contributed by atoms with van der Waals surface area (Å²) in [5, 5.41) is 0. The number of alkyl halides is 2. The van der Waals surface area contributed by atoms with Gasteiger partial charge in [-0.15, -0.1) is 0 Å². The third-order valence-corrected chi connectivity index (χ3v) is 2.07. The molecule has 0 aromatic rings. The fourth-order valence-corrected chi connectivity index (χ4v) is 1.45. The van der Waals surface area contributed by atoms with Gasteiger partial charge in [0.15, 0.2) is 0 Å². The Bertz CT molecular complexity index is 196. The fraction of sp³-hybridized carbons (Fsp3) is 0.857. The van der Waals surface area contributed by atoms with Gasteiger partial charge in [-0.25, -0.2) is 8.78 Å². The van der Waals surface area contributed by atoms with Gasteiger partial charge in [-0.3, -0.25) is 4.79 Å². The van der Waals surface area contributed by atoms with Crippen molar-refractivity contribution in [2.45, 2.75) is 24.8 Å². The summed E-state index contributed by atoms with van der Waals surface area (Å²) in [6.45, 7) is 0. The molecular formula is C7H11F2NO2. The van der Waals surface area contributed by atoms with Gasteiger partial charge < -0.3 is 10.5 Å². The molecule has 5 heteroatoms. The maximum Gasteiger partial charge on any atom is 0.310 e. The van der Waals surface area contributed by atoms with Crippen LogP contribution >= 0.6 is 0 Å². The van der Waals surface area contributed by atoms with Gasteiger partial charge in [0, 0.05) is 18.9 Å². The Morgan fingerprint density at radius 1 is 1.58 bits per heavy atom. The summed E-state index contributed by atoms with van der Waals surface area (Å²) in [4.78, 5) is 10.9. The number of methoxy groups -OCH3 is 1. The van der Waals surface area contributed by atoms with E-state index in [1.807, 2.05) is 0 Å². The van der Waals surface area contributed by atoms with Crippen molar-refractivity contribution in [2.75, 3.05) is 7.11 Å². The monoisotopic (exact) mass is 179 g/mol. The molecular weight excluding hydrogens is 168 g/mol. The number of carbonyl (C=O) groups excluding carboxylic acids is 1. The van der Waals surface area contributed by atoms with E-state index in [-0.39, 0.29) is 0 Å². The lowest BCUT2D eigenvalue weighted by Crippen LogP contribution is -2.31. The van der Waals surface area contributed by atoms with Crippen LogP contribution in [0.15, 0.2) is 0 Å². The minimum atomic E-state index is -2.81. The summed E-state index contributed by atoms with van der Waals surface area (Å²) in [6.07, 6.45) is -0.909. The molecule has 1 fully saturated rings. The lowest BCUT2D eigenvalue weighted by atomic mass is 10.1. The van der Waals surface area contributed by atoms with Crippen LogP contribution in [0.5, 0.6) is 0 Å². The van der Waals surface area contributed by atoms with E-state index < -0.39 is 36.7 Å². The van der Waals surface area contributed by atoms with Crippen molar-refractivity contribution >= 4 is 5.97 Å². The minimum absolute atomic E-state index is 0.424. The summed E-state index contributed by atoms with van der Waals surface area (Å²) in [6, 6.07) is -0.771. The molecule has 0 radical (unpaired) electrons. The van der Waals surface area contributed by atoms with E-state index in [0.29, 0.717) is 0 Å². The average Bonchev–Trinajstić information content (AvgIpc) is 2.23. The Labute approximate surface area is 68.9 Å². The number of rotatable bonds is 1. The Morgan fingerprint density at radius 3 is 2.50 bits per heavy atom. The van der Waals surface area contributed by atoms with Gasteiger partial charge in [0.2, 0.25) is 0 Å². The van der Waals surface area contributed by atoms with Gasteiger partial charge in [-0.1, -0.05) is 0 Å². The van der Waals surface area contributed by atoms with Gasteiger partial charge in [0.1, 0.15) is 0 Å². The first-order chi connectivity index (χ1) is 5.46. The first-order valence-electron chi connectivity index (χ1n) is 3.67. The molecule has 0 aliphatic heterocycles. The van der Waals surface area contributed by atoms with Crippen LogP contribution in [0.25, 0.3) is 0 Å². The predicted octanol–water partition coefficient (Wildman–Crippen LogP) is 0.532. The smallest absolute Gasteiger partial charge is 0.310 e. The Balaban J connectivity index is 2.64. The first-order valence-corrected chi connectivity index (χ1v) is 3.67. The number of hydrogen-bond acceptors (Lipinski definition) is 3. The molecule has 0 spiro atoms. The van der Waals surface area contributed by atoms with Crippen molar-refractivity contribution in [2.24, 2.45) is 11.7 Å². The van der Waals surface area contributed by atoms with Crippen molar-refractivity contribution in [1.29, 1.82) is 0 Å². The molecule has 0 unspecified atom stereocenters. The van der Waals surface area contributed by atoms with E-state index in [0.717, 1.165) is 0 Å². The quantitative estimate of drug-likeness (QED) is 0.597. The number of ether oxygens (including phenoxy) is 1. The zero-order valence-corrected chi connectivity index (χ0v) is 6.72. The average molecular weight is 179 g/mol. The van der Waals surface area contributed by atoms with Crippen LogP contribution in [0.3, 0.4) is 0 Å². The summed E-state index contributed by atoms with van der Waals surface area (Å²) in [7, 11) is 1.17. The van der Waals surface area contributed by atoms with E-state index in [1.54, 1.807) is 0 Å². The zero-order valence-electron chi connectivity index (χ0n) is 6.72. The van der Waals surface area contributed by atoms with Crippen LogP contribution in [0, 0.1) is 5.92 Å².